The molecule has 7 nitrogen and oxygen atoms in total. The van der Waals surface area contributed by atoms with Gasteiger partial charge in [0.15, 0.2) is 5.82 Å². The van der Waals surface area contributed by atoms with Gasteiger partial charge in [-0.15, -0.1) is 5.10 Å². The summed E-state index contributed by atoms with van der Waals surface area (Å²) in [7, 11) is 0. The summed E-state index contributed by atoms with van der Waals surface area (Å²) < 4.78 is 79.1. The molecule has 3 rings (SSSR count). The van der Waals surface area contributed by atoms with Gasteiger partial charge in [-0.2, -0.15) is 36.5 Å². The molecule has 2 N–H and O–H groups in total. The van der Waals surface area contributed by atoms with Crippen LogP contribution < -0.4 is 5.73 Å². The summed E-state index contributed by atoms with van der Waals surface area (Å²) in [6, 6.07) is 2.42. The first kappa shape index (κ1) is 21.0. The fourth-order valence-electron chi connectivity index (χ4n) is 2.42. The topological polar surface area (TPSA) is 99.6 Å². The maximum Gasteiger partial charge on any atom is 0.416 e. The van der Waals surface area contributed by atoms with Crippen molar-refractivity contribution in [2.24, 2.45) is 5.73 Å². The number of halogens is 6. The van der Waals surface area contributed by atoms with Crippen molar-refractivity contribution in [3.8, 4) is 11.4 Å². The number of amides is 1. The normalized spacial score (nSPS) is 12.8. The average molecular weight is 428 g/mol. The fourth-order valence-corrected chi connectivity index (χ4v) is 2.42. The Kier molecular flexibility index (Phi) is 5.29. The van der Waals surface area contributed by atoms with Crippen LogP contribution in [0.4, 0.5) is 26.3 Å². The number of nitrogens with two attached hydrogens (primary N) is 1. The van der Waals surface area contributed by atoms with Gasteiger partial charge in [0.1, 0.15) is 6.33 Å². The van der Waals surface area contributed by atoms with E-state index >= 15 is 0 Å². The lowest BCUT2D eigenvalue weighted by Crippen LogP contribution is -2.14. The molecule has 3 aromatic rings. The van der Waals surface area contributed by atoms with E-state index in [0.717, 1.165) is 17.2 Å². The minimum atomic E-state index is -5.01. The third-order valence-electron chi connectivity index (χ3n) is 3.78. The molecule has 2 heterocycles. The summed E-state index contributed by atoms with van der Waals surface area (Å²) in [4.78, 5) is 15.4. The minimum absolute atomic E-state index is 0.00201. The van der Waals surface area contributed by atoms with Crippen molar-refractivity contribution in [1.82, 2.24) is 25.0 Å². The highest BCUT2D eigenvalue weighted by atomic mass is 19.4. The Morgan fingerprint density at radius 1 is 1.00 bits per heavy atom. The summed E-state index contributed by atoms with van der Waals surface area (Å²) in [6.07, 6.45) is -5.39. The zero-order valence-electron chi connectivity index (χ0n) is 14.6. The van der Waals surface area contributed by atoms with Gasteiger partial charge < -0.3 is 5.73 Å². The molecule has 0 saturated heterocycles. The van der Waals surface area contributed by atoms with E-state index in [0.29, 0.717) is 12.1 Å². The van der Waals surface area contributed by atoms with Crippen molar-refractivity contribution in [2.45, 2.75) is 12.4 Å². The van der Waals surface area contributed by atoms with E-state index in [9.17, 15) is 31.1 Å². The van der Waals surface area contributed by atoms with E-state index in [1.54, 1.807) is 0 Å². The van der Waals surface area contributed by atoms with Crippen LogP contribution in [0.3, 0.4) is 0 Å². The maximum atomic E-state index is 13.0. The molecular weight excluding hydrogens is 418 g/mol. The van der Waals surface area contributed by atoms with Crippen molar-refractivity contribution in [3.05, 3.63) is 59.7 Å². The number of benzene rings is 1. The zero-order chi connectivity index (χ0) is 22.1. The molecule has 0 aliphatic carbocycles. The van der Waals surface area contributed by atoms with Crippen LogP contribution in [0, 0.1) is 0 Å². The Morgan fingerprint density at radius 2 is 1.63 bits per heavy atom. The van der Waals surface area contributed by atoms with Gasteiger partial charge in [-0.3, -0.25) is 4.79 Å². The predicted molar refractivity (Wildman–Crippen MR) is 90.9 cm³/mol. The summed E-state index contributed by atoms with van der Waals surface area (Å²) >= 11 is 0. The lowest BCUT2D eigenvalue weighted by molar-refractivity contribution is -0.143. The molecule has 30 heavy (non-hydrogen) atoms. The van der Waals surface area contributed by atoms with Crippen molar-refractivity contribution in [2.75, 3.05) is 0 Å². The number of nitrogens with zero attached hydrogens (tertiary/aromatic N) is 5. The first-order valence-electron chi connectivity index (χ1n) is 7.95. The molecule has 156 valence electrons. The van der Waals surface area contributed by atoms with E-state index in [1.165, 1.54) is 18.5 Å². The molecule has 13 heteroatoms. The average Bonchev–Trinajstić information content (AvgIpc) is 3.13. The van der Waals surface area contributed by atoms with Crippen LogP contribution in [0.5, 0.6) is 0 Å². The SMILES string of the molecule is NC(=O)/C(=C/n1cnc(-c2cc(C(F)(F)F)cc(C(F)(F)F)c2)n1)c1ccnnc1. The van der Waals surface area contributed by atoms with Crippen molar-refractivity contribution in [3.63, 3.8) is 0 Å². The lowest BCUT2D eigenvalue weighted by atomic mass is 10.0. The lowest BCUT2D eigenvalue weighted by Gasteiger charge is -2.13. The van der Waals surface area contributed by atoms with Gasteiger partial charge in [0.05, 0.1) is 29.1 Å². The molecule has 2 aromatic heterocycles. The largest absolute Gasteiger partial charge is 0.416 e. The molecule has 0 aliphatic rings. The van der Waals surface area contributed by atoms with Crippen molar-refractivity contribution < 1.29 is 31.1 Å². The fraction of sp³-hybridized carbons (Fsp3) is 0.118. The van der Waals surface area contributed by atoms with Crippen molar-refractivity contribution >= 4 is 17.7 Å². The van der Waals surface area contributed by atoms with Gasteiger partial charge in [0, 0.05) is 17.3 Å². The number of hydrogen-bond acceptors (Lipinski definition) is 5. The molecule has 1 amide bonds. The van der Waals surface area contributed by atoms with Gasteiger partial charge in [-0.1, -0.05) is 0 Å². The summed E-state index contributed by atoms with van der Waals surface area (Å²) in [5.74, 6) is -1.29. The van der Waals surface area contributed by atoms with Crippen LogP contribution in [0.15, 0.2) is 43.0 Å². The Morgan fingerprint density at radius 3 is 2.13 bits per heavy atom. The number of aromatic nitrogens is 5. The van der Waals surface area contributed by atoms with Crippen LogP contribution in [0.2, 0.25) is 0 Å². The van der Waals surface area contributed by atoms with Gasteiger partial charge in [-0.25, -0.2) is 9.67 Å². The molecule has 0 bridgehead atoms. The number of carbonyl (C=O) groups is 1. The summed E-state index contributed by atoms with van der Waals surface area (Å²) in [6.45, 7) is 0. The molecule has 0 spiro atoms. The number of hydrogen-bond donors (Lipinski definition) is 1. The minimum Gasteiger partial charge on any atom is -0.366 e. The summed E-state index contributed by atoms with van der Waals surface area (Å²) in [5, 5.41) is 11.0. The number of alkyl halides is 6. The van der Waals surface area contributed by atoms with E-state index in [1.807, 2.05) is 0 Å². The molecular formula is C17H10F6N6O. The second-order valence-electron chi connectivity index (χ2n) is 5.88. The van der Waals surface area contributed by atoms with E-state index in [4.69, 9.17) is 5.73 Å². The van der Waals surface area contributed by atoms with E-state index in [-0.39, 0.29) is 17.2 Å². The molecule has 0 radical (unpaired) electrons. The van der Waals surface area contributed by atoms with Gasteiger partial charge in [0.2, 0.25) is 0 Å². The van der Waals surface area contributed by atoms with Crippen LogP contribution in [0.25, 0.3) is 23.2 Å². The number of primary amides is 1. The highest BCUT2D eigenvalue weighted by molar-refractivity contribution is 6.22. The monoisotopic (exact) mass is 428 g/mol. The van der Waals surface area contributed by atoms with Crippen LogP contribution in [0.1, 0.15) is 16.7 Å². The van der Waals surface area contributed by atoms with Crippen LogP contribution in [-0.2, 0) is 17.1 Å². The van der Waals surface area contributed by atoms with Gasteiger partial charge in [-0.05, 0) is 24.3 Å². The quantitative estimate of drug-likeness (QED) is 0.508. The van der Waals surface area contributed by atoms with Gasteiger partial charge >= 0.3 is 12.4 Å². The second kappa shape index (κ2) is 7.57. The first-order chi connectivity index (χ1) is 13.9. The molecule has 0 atom stereocenters. The van der Waals surface area contributed by atoms with Crippen LogP contribution >= 0.6 is 0 Å². The van der Waals surface area contributed by atoms with Crippen LogP contribution in [-0.4, -0.2) is 30.9 Å². The third kappa shape index (κ3) is 4.61. The second-order valence-corrected chi connectivity index (χ2v) is 5.88. The number of carbonyl (C=O) groups excluding carboxylic acids is 1. The summed E-state index contributed by atoms with van der Waals surface area (Å²) in [5.41, 5.74) is 1.99. The van der Waals surface area contributed by atoms with E-state index < -0.39 is 40.8 Å². The maximum absolute atomic E-state index is 13.0. The molecule has 0 aliphatic heterocycles. The van der Waals surface area contributed by atoms with Gasteiger partial charge in [0.25, 0.3) is 5.91 Å². The van der Waals surface area contributed by atoms with E-state index in [2.05, 4.69) is 20.3 Å². The Bertz CT molecular complexity index is 1070. The Labute approximate surface area is 163 Å². The Balaban J connectivity index is 2.06. The smallest absolute Gasteiger partial charge is 0.366 e. The molecule has 0 saturated carbocycles. The highest BCUT2D eigenvalue weighted by Crippen LogP contribution is 2.38. The highest BCUT2D eigenvalue weighted by Gasteiger charge is 2.37. The standard InChI is InChI=1S/C17H10F6N6O/c18-16(19,20)11-3-10(4-12(5-11)17(21,22)23)15-25-8-29(28-15)7-13(14(24)30)9-1-2-26-27-6-9/h1-8H,(H2,24,30)/b13-7+. The van der Waals surface area contributed by atoms with Crippen molar-refractivity contribution in [1.29, 1.82) is 0 Å². The molecule has 1 aromatic carbocycles. The predicted octanol–water partition coefficient (Wildman–Crippen LogP) is 3.26. The molecule has 0 unspecified atom stereocenters. The molecule has 0 fully saturated rings. The Hall–Kier alpha value is -3.77. The number of rotatable bonds is 4. The first-order valence-corrected chi connectivity index (χ1v) is 7.95. The zero-order valence-corrected chi connectivity index (χ0v) is 14.6. The third-order valence-corrected chi connectivity index (χ3v) is 3.78.